The van der Waals surface area contributed by atoms with Gasteiger partial charge in [0, 0.05) is 0 Å². The molecule has 0 radical (unpaired) electrons. The number of carboxylic acid groups (broad SMARTS) is 1. The Morgan fingerprint density at radius 2 is 2.12 bits per heavy atom. The molecule has 0 aliphatic rings. The van der Waals surface area contributed by atoms with Gasteiger partial charge in [-0.15, -0.1) is 0 Å². The smallest absolute Gasteiger partial charge is 0.339 e. The number of aryl methyl sites for hydroxylation is 1. The summed E-state index contributed by atoms with van der Waals surface area (Å²) in [5.74, 6) is -0.948. The molecule has 82 valence electrons. The van der Waals surface area contributed by atoms with Crippen molar-refractivity contribution in [3.8, 4) is 5.69 Å². The fraction of sp³-hybridized carbons (Fsp3) is 0.167. The average molecular weight is 216 g/mol. The summed E-state index contributed by atoms with van der Waals surface area (Å²) in [6, 6.07) is 7.77. The first-order chi connectivity index (χ1) is 7.59. The van der Waals surface area contributed by atoms with Gasteiger partial charge in [0.15, 0.2) is 0 Å². The number of aromatic nitrogens is 2. The van der Waals surface area contributed by atoms with Gasteiger partial charge in [0.1, 0.15) is 5.56 Å². The molecule has 0 atom stereocenters. The number of benzene rings is 1. The highest BCUT2D eigenvalue weighted by Gasteiger charge is 2.13. The van der Waals surface area contributed by atoms with Crippen LogP contribution in [0.2, 0.25) is 0 Å². The third-order valence-corrected chi connectivity index (χ3v) is 2.49. The number of aromatic carboxylic acids is 1. The van der Waals surface area contributed by atoms with E-state index >= 15 is 0 Å². The molecule has 4 nitrogen and oxygen atoms in total. The van der Waals surface area contributed by atoms with Crippen LogP contribution in [0.5, 0.6) is 0 Å². The highest BCUT2D eigenvalue weighted by molar-refractivity contribution is 5.88. The number of hydrogen-bond donors (Lipinski definition) is 1. The molecule has 0 bridgehead atoms. The molecule has 2 rings (SSSR count). The Balaban J connectivity index is 2.53. The van der Waals surface area contributed by atoms with Crippen LogP contribution in [0.15, 0.2) is 30.5 Å². The number of carbonyl (C=O) groups is 1. The second-order valence-electron chi connectivity index (χ2n) is 3.70. The third-order valence-electron chi connectivity index (χ3n) is 2.49. The normalized spacial score (nSPS) is 10.4. The zero-order valence-corrected chi connectivity index (χ0v) is 9.14. The lowest BCUT2D eigenvalue weighted by Crippen LogP contribution is -2.02. The zero-order chi connectivity index (χ0) is 11.7. The molecular formula is C12H12N2O2. The van der Waals surface area contributed by atoms with E-state index in [0.29, 0.717) is 5.69 Å². The van der Waals surface area contributed by atoms with Crippen molar-refractivity contribution in [1.29, 1.82) is 0 Å². The molecule has 4 heteroatoms. The lowest BCUT2D eigenvalue weighted by Gasteiger charge is -2.05. The number of rotatable bonds is 2. The van der Waals surface area contributed by atoms with Crippen LogP contribution in [-0.2, 0) is 0 Å². The van der Waals surface area contributed by atoms with Crippen LogP contribution < -0.4 is 0 Å². The molecule has 0 spiro atoms. The number of hydrogen-bond acceptors (Lipinski definition) is 2. The molecule has 16 heavy (non-hydrogen) atoms. The summed E-state index contributed by atoms with van der Waals surface area (Å²) in [5, 5.41) is 13.0. The topological polar surface area (TPSA) is 55.1 Å². The van der Waals surface area contributed by atoms with Crippen molar-refractivity contribution in [2.24, 2.45) is 0 Å². The SMILES string of the molecule is Cc1cccc(-n2ncc(C(=O)O)c2C)c1. The summed E-state index contributed by atoms with van der Waals surface area (Å²) in [7, 11) is 0. The summed E-state index contributed by atoms with van der Waals surface area (Å²) in [6.45, 7) is 3.74. The number of nitrogens with zero attached hydrogens (tertiary/aromatic N) is 2. The fourth-order valence-corrected chi connectivity index (χ4v) is 1.64. The molecule has 0 aliphatic carbocycles. The molecular weight excluding hydrogens is 204 g/mol. The Morgan fingerprint density at radius 3 is 2.69 bits per heavy atom. The molecule has 0 saturated heterocycles. The lowest BCUT2D eigenvalue weighted by atomic mass is 10.2. The van der Waals surface area contributed by atoms with Crippen molar-refractivity contribution in [2.75, 3.05) is 0 Å². The van der Waals surface area contributed by atoms with Crippen LogP contribution in [0.25, 0.3) is 5.69 Å². The molecule has 1 aromatic carbocycles. The summed E-state index contributed by atoms with van der Waals surface area (Å²) < 4.78 is 1.64. The van der Waals surface area contributed by atoms with Crippen molar-refractivity contribution in [2.45, 2.75) is 13.8 Å². The average Bonchev–Trinajstić information content (AvgIpc) is 2.60. The molecule has 0 aliphatic heterocycles. The molecule has 1 aromatic heterocycles. The van der Waals surface area contributed by atoms with Crippen LogP contribution in [0.3, 0.4) is 0 Å². The van der Waals surface area contributed by atoms with Gasteiger partial charge in [-0.2, -0.15) is 5.10 Å². The van der Waals surface area contributed by atoms with Gasteiger partial charge in [-0.05, 0) is 31.5 Å². The van der Waals surface area contributed by atoms with Crippen LogP contribution in [0, 0.1) is 13.8 Å². The van der Waals surface area contributed by atoms with Crippen LogP contribution in [0.1, 0.15) is 21.6 Å². The maximum atomic E-state index is 10.9. The Hall–Kier alpha value is -2.10. The highest BCUT2D eigenvalue weighted by atomic mass is 16.4. The van der Waals surface area contributed by atoms with E-state index in [1.54, 1.807) is 11.6 Å². The standard InChI is InChI=1S/C12H12N2O2/c1-8-4-3-5-10(6-8)14-9(2)11(7-13-14)12(15)16/h3-7H,1-2H3,(H,15,16). The van der Waals surface area contributed by atoms with Crippen molar-refractivity contribution < 1.29 is 9.90 Å². The van der Waals surface area contributed by atoms with E-state index in [2.05, 4.69) is 5.10 Å². The minimum atomic E-state index is -0.948. The lowest BCUT2D eigenvalue weighted by molar-refractivity contribution is 0.0696. The van der Waals surface area contributed by atoms with Gasteiger partial charge < -0.3 is 5.11 Å². The van der Waals surface area contributed by atoms with Gasteiger partial charge in [0.25, 0.3) is 0 Å². The third kappa shape index (κ3) is 1.69. The van der Waals surface area contributed by atoms with Crippen molar-refractivity contribution in [3.63, 3.8) is 0 Å². The van der Waals surface area contributed by atoms with Crippen LogP contribution >= 0.6 is 0 Å². The summed E-state index contributed by atoms with van der Waals surface area (Å²) >= 11 is 0. The molecule has 1 heterocycles. The van der Waals surface area contributed by atoms with Crippen molar-refractivity contribution >= 4 is 5.97 Å². The summed E-state index contributed by atoms with van der Waals surface area (Å²) in [4.78, 5) is 10.9. The van der Waals surface area contributed by atoms with Gasteiger partial charge in [-0.3, -0.25) is 0 Å². The zero-order valence-electron chi connectivity index (χ0n) is 9.14. The first-order valence-corrected chi connectivity index (χ1v) is 4.94. The largest absolute Gasteiger partial charge is 0.478 e. The Bertz CT molecular complexity index is 544. The van der Waals surface area contributed by atoms with Gasteiger partial charge in [0.2, 0.25) is 0 Å². The maximum Gasteiger partial charge on any atom is 0.339 e. The monoisotopic (exact) mass is 216 g/mol. The first-order valence-electron chi connectivity index (χ1n) is 4.94. The molecule has 0 fully saturated rings. The first kappa shape index (κ1) is 10.4. The number of carboxylic acids is 1. The Kier molecular flexibility index (Phi) is 2.48. The van der Waals surface area contributed by atoms with Gasteiger partial charge in [-0.1, -0.05) is 12.1 Å². The highest BCUT2D eigenvalue weighted by Crippen LogP contribution is 2.15. The summed E-state index contributed by atoms with van der Waals surface area (Å²) in [6.07, 6.45) is 1.38. The van der Waals surface area contributed by atoms with E-state index in [9.17, 15) is 4.79 Å². The van der Waals surface area contributed by atoms with Crippen LogP contribution in [-0.4, -0.2) is 20.9 Å². The van der Waals surface area contributed by atoms with Crippen molar-refractivity contribution in [1.82, 2.24) is 9.78 Å². The Labute approximate surface area is 93.1 Å². The van der Waals surface area contributed by atoms with E-state index in [-0.39, 0.29) is 5.56 Å². The summed E-state index contributed by atoms with van der Waals surface area (Å²) in [5.41, 5.74) is 2.87. The van der Waals surface area contributed by atoms with E-state index in [1.165, 1.54) is 6.20 Å². The quantitative estimate of drug-likeness (QED) is 0.837. The molecule has 0 saturated carbocycles. The second kappa shape index (κ2) is 3.81. The molecule has 0 unspecified atom stereocenters. The molecule has 0 amide bonds. The minimum Gasteiger partial charge on any atom is -0.478 e. The van der Waals surface area contributed by atoms with Gasteiger partial charge >= 0.3 is 5.97 Å². The predicted octanol–water partition coefficient (Wildman–Crippen LogP) is 2.19. The van der Waals surface area contributed by atoms with Gasteiger partial charge in [-0.25, -0.2) is 9.48 Å². The van der Waals surface area contributed by atoms with E-state index < -0.39 is 5.97 Å². The van der Waals surface area contributed by atoms with E-state index in [0.717, 1.165) is 11.3 Å². The predicted molar refractivity (Wildman–Crippen MR) is 60.0 cm³/mol. The van der Waals surface area contributed by atoms with Crippen molar-refractivity contribution in [3.05, 3.63) is 47.3 Å². The van der Waals surface area contributed by atoms with E-state index in [1.807, 2.05) is 31.2 Å². The molecule has 1 N–H and O–H groups in total. The maximum absolute atomic E-state index is 10.9. The Morgan fingerprint density at radius 1 is 1.38 bits per heavy atom. The minimum absolute atomic E-state index is 0.238. The molecule has 2 aromatic rings. The van der Waals surface area contributed by atoms with Gasteiger partial charge in [0.05, 0.1) is 17.6 Å². The van der Waals surface area contributed by atoms with Crippen LogP contribution in [0.4, 0.5) is 0 Å². The second-order valence-corrected chi connectivity index (χ2v) is 3.70. The fourth-order valence-electron chi connectivity index (χ4n) is 1.64. The van der Waals surface area contributed by atoms with E-state index in [4.69, 9.17) is 5.11 Å².